The van der Waals surface area contributed by atoms with Crippen molar-refractivity contribution in [2.45, 2.75) is 32.4 Å². The predicted octanol–water partition coefficient (Wildman–Crippen LogP) is 0.435. The number of nitrogens with two attached hydrogens (primary N) is 2. The molecule has 1 rings (SSSR count). The van der Waals surface area contributed by atoms with E-state index < -0.39 is 5.60 Å². The van der Waals surface area contributed by atoms with E-state index in [-0.39, 0.29) is 12.1 Å². The van der Waals surface area contributed by atoms with E-state index in [4.69, 9.17) is 16.2 Å². The molecular formula is C11H20N4O2. The summed E-state index contributed by atoms with van der Waals surface area (Å²) >= 11 is 0. The minimum atomic E-state index is -0.460. The van der Waals surface area contributed by atoms with Gasteiger partial charge in [-0.1, -0.05) is 0 Å². The summed E-state index contributed by atoms with van der Waals surface area (Å²) in [7, 11) is 0. The maximum absolute atomic E-state index is 11.6. The van der Waals surface area contributed by atoms with Gasteiger partial charge < -0.3 is 21.1 Å². The zero-order valence-corrected chi connectivity index (χ0v) is 10.5. The van der Waals surface area contributed by atoms with Crippen LogP contribution in [0.25, 0.3) is 0 Å². The average Bonchev–Trinajstić information content (AvgIpc) is 2.11. The second-order valence-electron chi connectivity index (χ2n) is 4.98. The van der Waals surface area contributed by atoms with Crippen LogP contribution in [0, 0.1) is 0 Å². The van der Waals surface area contributed by atoms with Crippen LogP contribution in [0.1, 0.15) is 20.8 Å². The molecule has 17 heavy (non-hydrogen) atoms. The zero-order valence-electron chi connectivity index (χ0n) is 10.5. The lowest BCUT2D eigenvalue weighted by molar-refractivity contribution is 0.00911. The Kier molecular flexibility index (Phi) is 3.98. The number of allylic oxidation sites excluding steroid dienone is 1. The van der Waals surface area contributed by atoms with Gasteiger partial charge in [-0.25, -0.2) is 4.79 Å². The van der Waals surface area contributed by atoms with Gasteiger partial charge in [0.25, 0.3) is 0 Å². The van der Waals surface area contributed by atoms with Crippen LogP contribution in [0.15, 0.2) is 16.9 Å². The number of aliphatic imine (C=N–C) groups is 1. The molecule has 1 aliphatic rings. The first-order valence-corrected chi connectivity index (χ1v) is 5.50. The number of amides is 1. The molecule has 0 aromatic carbocycles. The van der Waals surface area contributed by atoms with Crippen molar-refractivity contribution in [1.29, 1.82) is 0 Å². The van der Waals surface area contributed by atoms with Gasteiger partial charge in [0, 0.05) is 25.5 Å². The minimum Gasteiger partial charge on any atom is -0.444 e. The lowest BCUT2D eigenvalue weighted by Crippen LogP contribution is -2.54. The molecule has 1 saturated heterocycles. The van der Waals surface area contributed by atoms with E-state index >= 15 is 0 Å². The number of nitrogens with zero attached hydrogens (tertiary/aromatic N) is 2. The van der Waals surface area contributed by atoms with Crippen molar-refractivity contribution in [3.05, 3.63) is 11.9 Å². The van der Waals surface area contributed by atoms with E-state index in [9.17, 15) is 4.79 Å². The normalized spacial score (nSPS) is 18.3. The quantitative estimate of drug-likeness (QED) is 0.684. The lowest BCUT2D eigenvalue weighted by atomic mass is 10.1. The van der Waals surface area contributed by atoms with E-state index in [0.29, 0.717) is 18.8 Å². The van der Waals surface area contributed by atoms with E-state index in [1.165, 1.54) is 12.4 Å². The van der Waals surface area contributed by atoms with Gasteiger partial charge in [-0.05, 0) is 20.8 Å². The Labute approximate surface area is 101 Å². The third-order valence-electron chi connectivity index (χ3n) is 2.14. The fourth-order valence-corrected chi connectivity index (χ4v) is 1.26. The lowest BCUT2D eigenvalue weighted by Gasteiger charge is -2.37. The number of likely N-dealkylation sites (tertiary alicyclic amines) is 1. The summed E-state index contributed by atoms with van der Waals surface area (Å²) in [6.07, 6.45) is 2.50. The average molecular weight is 240 g/mol. The van der Waals surface area contributed by atoms with Crippen molar-refractivity contribution >= 4 is 12.3 Å². The van der Waals surface area contributed by atoms with Crippen LogP contribution in [-0.4, -0.2) is 41.9 Å². The van der Waals surface area contributed by atoms with Gasteiger partial charge >= 0.3 is 6.09 Å². The Hall–Kier alpha value is -1.72. The molecule has 0 unspecified atom stereocenters. The van der Waals surface area contributed by atoms with Gasteiger partial charge in [0.05, 0.1) is 11.7 Å². The molecule has 0 radical (unpaired) electrons. The molecule has 0 bridgehead atoms. The molecule has 0 aromatic rings. The SMILES string of the molecule is CC(C)(C)OC(=O)N1CC(N=CC(N)=CN)C1. The first-order valence-electron chi connectivity index (χ1n) is 5.50. The Bertz CT molecular complexity index is 338. The number of carbonyl (C=O) groups excluding carboxylic acids is 1. The molecule has 1 aliphatic heterocycles. The van der Waals surface area contributed by atoms with Gasteiger partial charge in [-0.2, -0.15) is 0 Å². The van der Waals surface area contributed by atoms with Crippen LogP contribution in [0.2, 0.25) is 0 Å². The molecular weight excluding hydrogens is 220 g/mol. The molecule has 1 fully saturated rings. The summed E-state index contributed by atoms with van der Waals surface area (Å²) in [4.78, 5) is 17.4. The number of ether oxygens (including phenoxy) is 1. The van der Waals surface area contributed by atoms with Gasteiger partial charge in [-0.3, -0.25) is 4.99 Å². The summed E-state index contributed by atoms with van der Waals surface area (Å²) < 4.78 is 5.22. The highest BCUT2D eigenvalue weighted by atomic mass is 16.6. The summed E-state index contributed by atoms with van der Waals surface area (Å²) in [6, 6.07) is 0.0843. The van der Waals surface area contributed by atoms with Crippen LogP contribution < -0.4 is 11.5 Å². The second-order valence-corrected chi connectivity index (χ2v) is 4.98. The highest BCUT2D eigenvalue weighted by molar-refractivity contribution is 5.77. The first kappa shape index (κ1) is 13.3. The van der Waals surface area contributed by atoms with Crippen LogP contribution >= 0.6 is 0 Å². The van der Waals surface area contributed by atoms with E-state index in [1.54, 1.807) is 4.90 Å². The van der Waals surface area contributed by atoms with Gasteiger partial charge in [0.2, 0.25) is 0 Å². The molecule has 0 spiro atoms. The van der Waals surface area contributed by atoms with E-state index in [0.717, 1.165) is 0 Å². The van der Waals surface area contributed by atoms with Crippen molar-refractivity contribution < 1.29 is 9.53 Å². The van der Waals surface area contributed by atoms with Crippen LogP contribution in [0.3, 0.4) is 0 Å². The van der Waals surface area contributed by atoms with Crippen molar-refractivity contribution in [3.63, 3.8) is 0 Å². The number of hydrogen-bond donors (Lipinski definition) is 2. The minimum absolute atomic E-state index is 0.0843. The zero-order chi connectivity index (χ0) is 13.1. The maximum Gasteiger partial charge on any atom is 0.410 e. The van der Waals surface area contributed by atoms with Gasteiger partial charge in [0.15, 0.2) is 0 Å². The Morgan fingerprint density at radius 1 is 1.47 bits per heavy atom. The summed E-state index contributed by atoms with van der Waals surface area (Å²) in [5, 5.41) is 0. The fraction of sp³-hybridized carbons (Fsp3) is 0.636. The fourth-order valence-electron chi connectivity index (χ4n) is 1.26. The molecule has 0 atom stereocenters. The molecule has 4 N–H and O–H groups in total. The standard InChI is InChI=1S/C11H20N4O2/c1-11(2,3)17-10(16)15-6-9(7-15)14-5-8(13)4-12/h4-5,9H,6-7,12-13H2,1-3H3. The highest BCUT2D eigenvalue weighted by Gasteiger charge is 2.33. The van der Waals surface area contributed by atoms with Crippen molar-refractivity contribution in [2.75, 3.05) is 13.1 Å². The molecule has 0 saturated carbocycles. The molecule has 96 valence electrons. The number of carbonyl (C=O) groups is 1. The number of hydrogen-bond acceptors (Lipinski definition) is 5. The Morgan fingerprint density at radius 2 is 2.06 bits per heavy atom. The van der Waals surface area contributed by atoms with E-state index in [2.05, 4.69) is 4.99 Å². The topological polar surface area (TPSA) is 93.9 Å². The molecule has 6 nitrogen and oxygen atoms in total. The molecule has 1 heterocycles. The predicted molar refractivity (Wildman–Crippen MR) is 66.5 cm³/mol. The summed E-state index contributed by atoms with van der Waals surface area (Å²) in [5.41, 5.74) is 10.6. The van der Waals surface area contributed by atoms with Crippen LogP contribution in [-0.2, 0) is 4.74 Å². The van der Waals surface area contributed by atoms with Gasteiger partial charge in [-0.15, -0.1) is 0 Å². The molecule has 1 amide bonds. The van der Waals surface area contributed by atoms with Crippen molar-refractivity contribution in [1.82, 2.24) is 4.90 Å². The third kappa shape index (κ3) is 4.34. The summed E-state index contributed by atoms with van der Waals surface area (Å²) in [6.45, 7) is 6.64. The number of rotatable bonds is 2. The smallest absolute Gasteiger partial charge is 0.410 e. The Balaban J connectivity index is 2.32. The molecule has 0 aromatic heterocycles. The third-order valence-corrected chi connectivity index (χ3v) is 2.14. The van der Waals surface area contributed by atoms with Crippen molar-refractivity contribution in [2.24, 2.45) is 16.5 Å². The Morgan fingerprint density at radius 3 is 2.53 bits per heavy atom. The van der Waals surface area contributed by atoms with Crippen molar-refractivity contribution in [3.8, 4) is 0 Å². The van der Waals surface area contributed by atoms with Gasteiger partial charge in [0.1, 0.15) is 5.60 Å². The first-order chi connectivity index (χ1) is 7.81. The molecule has 6 heteroatoms. The highest BCUT2D eigenvalue weighted by Crippen LogP contribution is 2.16. The van der Waals surface area contributed by atoms with Crippen LogP contribution in [0.4, 0.5) is 4.79 Å². The maximum atomic E-state index is 11.6. The van der Waals surface area contributed by atoms with E-state index in [1.807, 2.05) is 20.8 Å². The second kappa shape index (κ2) is 5.07. The monoisotopic (exact) mass is 240 g/mol. The van der Waals surface area contributed by atoms with Crippen LogP contribution in [0.5, 0.6) is 0 Å². The summed E-state index contributed by atoms with van der Waals surface area (Å²) in [5.74, 6) is 0. The molecule has 0 aliphatic carbocycles. The largest absolute Gasteiger partial charge is 0.444 e.